The normalized spacial score (nSPS) is 9.44. The van der Waals surface area contributed by atoms with Crippen molar-refractivity contribution in [2.75, 3.05) is 6.61 Å². The topological polar surface area (TPSA) is 63.7 Å². The molecule has 0 radical (unpaired) electrons. The van der Waals surface area contributed by atoms with E-state index in [1.54, 1.807) is 0 Å². The zero-order valence-corrected chi connectivity index (χ0v) is 10.5. The van der Waals surface area contributed by atoms with E-state index < -0.39 is 0 Å². The van der Waals surface area contributed by atoms with Gasteiger partial charge < -0.3 is 4.74 Å². The molecule has 1 N–H and O–H groups in total. The van der Waals surface area contributed by atoms with Crippen LogP contribution in [0.25, 0.3) is 10.7 Å². The average molecular weight is 242 g/mol. The van der Waals surface area contributed by atoms with Gasteiger partial charge in [-0.05, 0) is 23.6 Å². The molecule has 0 unspecified atom stereocenters. The molecule has 16 heavy (non-hydrogen) atoms. The van der Waals surface area contributed by atoms with Crippen molar-refractivity contribution in [3.8, 4) is 16.5 Å². The maximum Gasteiger partial charge on any atom is 0.218 e. The molecule has 0 fully saturated rings. The van der Waals surface area contributed by atoms with Gasteiger partial charge in [0.15, 0.2) is 0 Å². The Labute approximate surface area is 100 Å². The second kappa shape index (κ2) is 6.95. The molecule has 2 aromatic heterocycles. The highest BCUT2D eigenvalue weighted by Crippen LogP contribution is 2.32. The van der Waals surface area contributed by atoms with Gasteiger partial charge in [0.2, 0.25) is 5.82 Å². The van der Waals surface area contributed by atoms with Crippen molar-refractivity contribution >= 4 is 11.3 Å². The number of tetrazole rings is 1. The van der Waals surface area contributed by atoms with Crippen molar-refractivity contribution in [2.45, 2.75) is 27.2 Å². The van der Waals surface area contributed by atoms with Crippen LogP contribution in [0.3, 0.4) is 0 Å². The molecule has 0 aliphatic rings. The maximum atomic E-state index is 5.39. The molecule has 0 bridgehead atoms. The minimum absolute atomic E-state index is 0. The van der Waals surface area contributed by atoms with E-state index in [2.05, 4.69) is 34.5 Å². The summed E-state index contributed by atoms with van der Waals surface area (Å²) in [6, 6.07) is 1.90. The Balaban J connectivity index is 0.000000583. The summed E-state index contributed by atoms with van der Waals surface area (Å²) >= 11 is 1.54. The van der Waals surface area contributed by atoms with Crippen LogP contribution in [-0.2, 0) is 0 Å². The van der Waals surface area contributed by atoms with Crippen molar-refractivity contribution in [3.05, 3.63) is 11.4 Å². The first-order valence-electron chi connectivity index (χ1n) is 5.27. The van der Waals surface area contributed by atoms with Gasteiger partial charge in [-0.2, -0.15) is 5.21 Å². The van der Waals surface area contributed by atoms with Gasteiger partial charge in [-0.3, -0.25) is 0 Å². The summed E-state index contributed by atoms with van der Waals surface area (Å²) < 4.78 is 5.39. The minimum Gasteiger partial charge on any atom is -0.492 e. The molecule has 0 saturated heterocycles. The van der Waals surface area contributed by atoms with Crippen LogP contribution in [0.4, 0.5) is 0 Å². The number of aromatic amines is 1. The average Bonchev–Trinajstić information content (AvgIpc) is 2.87. The first-order valence-corrected chi connectivity index (χ1v) is 6.15. The van der Waals surface area contributed by atoms with E-state index in [9.17, 15) is 0 Å². The Bertz CT molecular complexity index is 391. The number of rotatable bonds is 3. The molecule has 0 aromatic carbocycles. The van der Waals surface area contributed by atoms with Crippen molar-refractivity contribution in [3.63, 3.8) is 0 Å². The molecule has 2 rings (SSSR count). The third-order valence-corrected chi connectivity index (χ3v) is 2.37. The monoisotopic (exact) mass is 242 g/mol. The predicted octanol–water partition coefficient (Wildman–Crippen LogP) is 2.99. The lowest BCUT2D eigenvalue weighted by Crippen LogP contribution is -1.91. The molecule has 0 aliphatic carbocycles. The van der Waals surface area contributed by atoms with E-state index in [4.69, 9.17) is 4.74 Å². The molecule has 0 atom stereocenters. The maximum absolute atomic E-state index is 5.39. The molecule has 0 amide bonds. The van der Waals surface area contributed by atoms with Crippen LogP contribution in [0.15, 0.2) is 11.4 Å². The molecular weight excluding hydrogens is 224 g/mol. The van der Waals surface area contributed by atoms with Crippen molar-refractivity contribution in [1.29, 1.82) is 0 Å². The number of ether oxygens (including phenoxy) is 1. The van der Waals surface area contributed by atoms with Crippen LogP contribution in [0.2, 0.25) is 0 Å². The molecule has 0 saturated carbocycles. The van der Waals surface area contributed by atoms with Crippen molar-refractivity contribution < 1.29 is 6.16 Å². The fourth-order valence-corrected chi connectivity index (χ4v) is 1.75. The summed E-state index contributed by atoms with van der Waals surface area (Å²) in [5.41, 5.74) is 0. The summed E-state index contributed by atoms with van der Waals surface area (Å²) in [6.45, 7) is 6.83. The highest BCUT2D eigenvalue weighted by Gasteiger charge is 2.11. The second-order valence-corrected chi connectivity index (χ2v) is 3.91. The second-order valence-electron chi connectivity index (χ2n) is 2.99. The van der Waals surface area contributed by atoms with Gasteiger partial charge in [0.1, 0.15) is 10.6 Å². The van der Waals surface area contributed by atoms with Gasteiger partial charge in [-0.1, -0.05) is 20.3 Å². The smallest absolute Gasteiger partial charge is 0.218 e. The van der Waals surface area contributed by atoms with E-state index in [1.807, 2.05) is 18.4 Å². The molecule has 2 aromatic rings. The summed E-state index contributed by atoms with van der Waals surface area (Å²) in [5.74, 6) is 1.40. The van der Waals surface area contributed by atoms with Gasteiger partial charge in [0.25, 0.3) is 0 Å². The minimum atomic E-state index is 0. The number of hydrogen-bond donors (Lipinski definition) is 1. The van der Waals surface area contributed by atoms with Gasteiger partial charge in [0, 0.05) is 1.43 Å². The zero-order chi connectivity index (χ0) is 11.8. The van der Waals surface area contributed by atoms with Gasteiger partial charge in [-0.15, -0.1) is 21.5 Å². The van der Waals surface area contributed by atoms with Crippen LogP contribution in [-0.4, -0.2) is 27.2 Å². The Hall–Kier alpha value is -1.43. The highest BCUT2D eigenvalue weighted by molar-refractivity contribution is 7.13. The fraction of sp³-hybridized carbons (Fsp3) is 0.500. The van der Waals surface area contributed by atoms with Crippen molar-refractivity contribution in [1.82, 2.24) is 20.6 Å². The first-order chi connectivity index (χ1) is 7.83. The van der Waals surface area contributed by atoms with Crippen LogP contribution < -0.4 is 4.74 Å². The van der Waals surface area contributed by atoms with Gasteiger partial charge >= 0.3 is 0 Å². The largest absolute Gasteiger partial charge is 0.492 e. The Kier molecular flexibility index (Phi) is 5.49. The molecule has 5 nitrogen and oxygen atoms in total. The van der Waals surface area contributed by atoms with Gasteiger partial charge in [-0.25, -0.2) is 0 Å². The van der Waals surface area contributed by atoms with E-state index in [1.165, 1.54) is 17.8 Å². The highest BCUT2D eigenvalue weighted by atomic mass is 32.1. The van der Waals surface area contributed by atoms with Crippen molar-refractivity contribution in [2.24, 2.45) is 0 Å². The Morgan fingerprint density at radius 2 is 2.19 bits per heavy atom. The molecule has 6 heteroatoms. The summed E-state index contributed by atoms with van der Waals surface area (Å²) in [4.78, 5) is 0.913. The lowest BCUT2D eigenvalue weighted by Gasteiger charge is -1.99. The third-order valence-electron chi connectivity index (χ3n) is 1.48. The molecular formula is C10H18N4OS. The Morgan fingerprint density at radius 1 is 1.44 bits per heavy atom. The van der Waals surface area contributed by atoms with Crippen LogP contribution in [0.5, 0.6) is 5.75 Å². The number of hydrogen-bond acceptors (Lipinski definition) is 5. The summed E-state index contributed by atoms with van der Waals surface area (Å²) in [7, 11) is 0. The van der Waals surface area contributed by atoms with Crippen LogP contribution >= 0.6 is 11.3 Å². The number of nitrogens with zero attached hydrogens (tertiary/aromatic N) is 3. The quantitative estimate of drug-likeness (QED) is 0.898. The third kappa shape index (κ3) is 3.30. The molecule has 0 spiro atoms. The predicted molar refractivity (Wildman–Crippen MR) is 66.7 cm³/mol. The first kappa shape index (κ1) is 12.6. The van der Waals surface area contributed by atoms with E-state index >= 15 is 0 Å². The number of H-pyrrole nitrogens is 1. The van der Waals surface area contributed by atoms with E-state index in [0.29, 0.717) is 12.4 Å². The standard InChI is InChI=1S/C7H8N4OS.C3H8.H2/c1-2-12-5-3-4-13-6(5)7-8-10-11-9-7;1-3-2;/h3-4H,2H2,1H3,(H,8,9,10,11);3H2,1-2H3;1H. The van der Waals surface area contributed by atoms with Gasteiger partial charge in [0.05, 0.1) is 6.61 Å². The number of aromatic nitrogens is 4. The summed E-state index contributed by atoms with van der Waals surface area (Å²) in [5, 5.41) is 15.6. The lowest BCUT2D eigenvalue weighted by molar-refractivity contribution is 0.343. The zero-order valence-electron chi connectivity index (χ0n) is 9.73. The number of nitrogens with one attached hydrogen (secondary N) is 1. The van der Waals surface area contributed by atoms with Crippen LogP contribution in [0, 0.1) is 0 Å². The fourth-order valence-electron chi connectivity index (χ4n) is 0.988. The molecule has 0 aliphatic heterocycles. The van der Waals surface area contributed by atoms with E-state index in [0.717, 1.165) is 10.6 Å². The number of thiophene rings is 1. The SMILES string of the molecule is CCC.CCOc1ccsc1-c1nn[nH]n1.[HH]. The summed E-state index contributed by atoms with van der Waals surface area (Å²) in [6.07, 6.45) is 1.25. The van der Waals surface area contributed by atoms with Crippen LogP contribution in [0.1, 0.15) is 28.6 Å². The lowest BCUT2D eigenvalue weighted by atomic mass is 10.4. The molecule has 2 heterocycles. The molecule has 90 valence electrons. The van der Waals surface area contributed by atoms with E-state index in [-0.39, 0.29) is 1.43 Å². The Morgan fingerprint density at radius 3 is 2.75 bits per heavy atom.